The van der Waals surface area contributed by atoms with Gasteiger partial charge in [-0.25, -0.2) is 4.79 Å². The van der Waals surface area contributed by atoms with Crippen molar-refractivity contribution in [3.05, 3.63) is 29.8 Å². The predicted molar refractivity (Wildman–Crippen MR) is 100 cm³/mol. The first-order chi connectivity index (χ1) is 12.5. The van der Waals surface area contributed by atoms with Crippen LogP contribution in [0.15, 0.2) is 24.3 Å². The molecule has 0 aliphatic carbocycles. The molecule has 0 saturated carbocycles. The monoisotopic (exact) mass is 360 g/mol. The van der Waals surface area contributed by atoms with Gasteiger partial charge >= 0.3 is 6.03 Å². The van der Waals surface area contributed by atoms with E-state index in [1.165, 1.54) is 0 Å². The third kappa shape index (κ3) is 4.46. The van der Waals surface area contributed by atoms with Gasteiger partial charge in [-0.15, -0.1) is 0 Å². The zero-order valence-electron chi connectivity index (χ0n) is 15.6. The number of hydrogen-bond acceptors (Lipinski definition) is 4. The molecule has 1 aromatic rings. The van der Waals surface area contributed by atoms with Crippen LogP contribution in [0.4, 0.5) is 10.5 Å². The average molecular weight is 360 g/mol. The molecule has 0 aromatic heterocycles. The summed E-state index contributed by atoms with van der Waals surface area (Å²) in [6, 6.07) is 8.04. The van der Waals surface area contributed by atoms with Gasteiger partial charge in [-0.05, 0) is 30.5 Å². The number of rotatable bonds is 4. The molecule has 2 saturated heterocycles. The van der Waals surface area contributed by atoms with Gasteiger partial charge in [0.05, 0.1) is 0 Å². The van der Waals surface area contributed by atoms with Crippen molar-refractivity contribution in [2.24, 2.45) is 0 Å². The molecule has 142 valence electrons. The largest absolute Gasteiger partial charge is 0.378 e. The lowest BCUT2D eigenvalue weighted by Crippen LogP contribution is -2.54. The molecule has 0 bridgehead atoms. The fourth-order valence-electron chi connectivity index (χ4n) is 3.31. The highest BCUT2D eigenvalue weighted by Gasteiger charge is 2.31. The Morgan fingerprint density at radius 2 is 1.77 bits per heavy atom. The minimum atomic E-state index is -0.277. The number of carbonyl (C=O) groups is 2. The topological polar surface area (TPSA) is 65.1 Å². The molecule has 0 spiro atoms. The van der Waals surface area contributed by atoms with Crippen molar-refractivity contribution in [1.82, 2.24) is 15.1 Å². The van der Waals surface area contributed by atoms with Crippen LogP contribution in [0.2, 0.25) is 0 Å². The molecule has 2 aliphatic heterocycles. The Morgan fingerprint density at radius 3 is 2.35 bits per heavy atom. The predicted octanol–water partition coefficient (Wildman–Crippen LogP) is 1.29. The van der Waals surface area contributed by atoms with Crippen LogP contribution in [-0.2, 0) is 16.1 Å². The molecule has 1 atom stereocenters. The van der Waals surface area contributed by atoms with Crippen LogP contribution >= 0.6 is 0 Å². The quantitative estimate of drug-likeness (QED) is 0.879. The maximum Gasteiger partial charge on any atom is 0.317 e. The van der Waals surface area contributed by atoms with E-state index in [0.717, 1.165) is 24.1 Å². The number of carbonyl (C=O) groups excluding carboxylic acids is 2. The maximum atomic E-state index is 12.4. The van der Waals surface area contributed by atoms with Crippen LogP contribution in [-0.4, -0.2) is 74.7 Å². The minimum absolute atomic E-state index is 0.0727. The van der Waals surface area contributed by atoms with Gasteiger partial charge in [0, 0.05) is 59.1 Å². The lowest BCUT2D eigenvalue weighted by molar-refractivity contribution is -0.142. The fraction of sp³-hybridized carbons (Fsp3) is 0.579. The summed E-state index contributed by atoms with van der Waals surface area (Å²) in [5.41, 5.74) is 2.20. The van der Waals surface area contributed by atoms with Crippen molar-refractivity contribution in [3.8, 4) is 0 Å². The van der Waals surface area contributed by atoms with Crippen LogP contribution in [0.3, 0.4) is 0 Å². The molecule has 0 radical (unpaired) electrons. The standard InChI is InChI=1S/C19H28N4O3/c1-21(2)16-7-5-15(6-8-16)14-20-19(25)23-11-9-22(10-12-23)18(24)17-4-3-13-26-17/h5-8,17H,3-4,9-14H2,1-2H3,(H,20,25). The van der Waals surface area contributed by atoms with Gasteiger partial charge < -0.3 is 24.8 Å². The second-order valence-electron chi connectivity index (χ2n) is 7.03. The number of benzene rings is 1. The number of piperazine rings is 1. The summed E-state index contributed by atoms with van der Waals surface area (Å²) < 4.78 is 5.47. The first-order valence-corrected chi connectivity index (χ1v) is 9.24. The summed E-state index contributed by atoms with van der Waals surface area (Å²) in [6.45, 7) is 3.44. The Balaban J connectivity index is 1.42. The van der Waals surface area contributed by atoms with E-state index >= 15 is 0 Å². The second-order valence-corrected chi connectivity index (χ2v) is 7.03. The summed E-state index contributed by atoms with van der Waals surface area (Å²) in [6.07, 6.45) is 1.49. The highest BCUT2D eigenvalue weighted by molar-refractivity contribution is 5.81. The van der Waals surface area contributed by atoms with Gasteiger partial charge in [-0.1, -0.05) is 12.1 Å². The number of amides is 3. The molecule has 2 fully saturated rings. The summed E-state index contributed by atoms with van der Waals surface area (Å²) in [7, 11) is 4.00. The highest BCUT2D eigenvalue weighted by atomic mass is 16.5. The summed E-state index contributed by atoms with van der Waals surface area (Å²) in [5, 5.41) is 2.96. The normalized spacial score (nSPS) is 20.2. The Labute approximate surface area is 154 Å². The van der Waals surface area contributed by atoms with E-state index < -0.39 is 0 Å². The summed E-state index contributed by atoms with van der Waals surface area (Å²) in [4.78, 5) is 30.3. The number of nitrogens with zero attached hydrogens (tertiary/aromatic N) is 3. The molecule has 2 heterocycles. The van der Waals surface area contributed by atoms with Gasteiger partial charge in [-0.3, -0.25) is 4.79 Å². The van der Waals surface area contributed by atoms with Crippen molar-refractivity contribution < 1.29 is 14.3 Å². The molecule has 1 N–H and O–H groups in total. The second kappa shape index (κ2) is 8.40. The van der Waals surface area contributed by atoms with Crippen molar-refractivity contribution in [2.45, 2.75) is 25.5 Å². The molecule has 2 aliphatic rings. The zero-order chi connectivity index (χ0) is 18.5. The molecular formula is C19H28N4O3. The smallest absolute Gasteiger partial charge is 0.317 e. The number of ether oxygens (including phenoxy) is 1. The lowest BCUT2D eigenvalue weighted by Gasteiger charge is -2.35. The van der Waals surface area contributed by atoms with Crippen molar-refractivity contribution in [1.29, 1.82) is 0 Å². The van der Waals surface area contributed by atoms with E-state index in [4.69, 9.17) is 4.74 Å². The number of hydrogen-bond donors (Lipinski definition) is 1. The van der Waals surface area contributed by atoms with E-state index in [1.54, 1.807) is 4.90 Å². The number of anilines is 1. The van der Waals surface area contributed by atoms with Crippen molar-refractivity contribution in [2.75, 3.05) is 51.8 Å². The number of urea groups is 1. The average Bonchev–Trinajstić information content (AvgIpc) is 3.20. The van der Waals surface area contributed by atoms with Gasteiger partial charge in [0.15, 0.2) is 0 Å². The van der Waals surface area contributed by atoms with Gasteiger partial charge in [0.2, 0.25) is 0 Å². The maximum absolute atomic E-state index is 12.4. The molecule has 7 heteroatoms. The molecule has 3 amide bonds. The molecule has 1 aromatic carbocycles. The fourth-order valence-corrected chi connectivity index (χ4v) is 3.31. The Morgan fingerprint density at radius 1 is 1.12 bits per heavy atom. The van der Waals surface area contributed by atoms with E-state index in [1.807, 2.05) is 48.2 Å². The van der Waals surface area contributed by atoms with E-state index in [-0.39, 0.29) is 18.0 Å². The molecule has 7 nitrogen and oxygen atoms in total. The van der Waals surface area contributed by atoms with E-state index in [9.17, 15) is 9.59 Å². The summed E-state index contributed by atoms with van der Waals surface area (Å²) in [5.74, 6) is 0.0727. The third-order valence-corrected chi connectivity index (χ3v) is 4.98. The molecule has 1 unspecified atom stereocenters. The van der Waals surface area contributed by atoms with Crippen LogP contribution in [0, 0.1) is 0 Å². The Hall–Kier alpha value is -2.28. The van der Waals surface area contributed by atoms with Crippen LogP contribution in [0.1, 0.15) is 18.4 Å². The zero-order valence-corrected chi connectivity index (χ0v) is 15.6. The van der Waals surface area contributed by atoms with Crippen molar-refractivity contribution in [3.63, 3.8) is 0 Å². The van der Waals surface area contributed by atoms with Crippen molar-refractivity contribution >= 4 is 17.6 Å². The molecular weight excluding hydrogens is 332 g/mol. The van der Waals surface area contributed by atoms with Crippen LogP contribution < -0.4 is 10.2 Å². The van der Waals surface area contributed by atoms with Crippen LogP contribution in [0.25, 0.3) is 0 Å². The first-order valence-electron chi connectivity index (χ1n) is 9.24. The Bertz CT molecular complexity index is 618. The SMILES string of the molecule is CN(C)c1ccc(CNC(=O)N2CCN(C(=O)C3CCCO3)CC2)cc1. The summed E-state index contributed by atoms with van der Waals surface area (Å²) >= 11 is 0. The van der Waals surface area contributed by atoms with Gasteiger partial charge in [0.1, 0.15) is 6.10 Å². The lowest BCUT2D eigenvalue weighted by atomic mass is 10.2. The highest BCUT2D eigenvalue weighted by Crippen LogP contribution is 2.16. The van der Waals surface area contributed by atoms with E-state index in [0.29, 0.717) is 39.3 Å². The number of nitrogens with one attached hydrogen (secondary N) is 1. The van der Waals surface area contributed by atoms with E-state index in [2.05, 4.69) is 5.32 Å². The van der Waals surface area contributed by atoms with Crippen LogP contribution in [0.5, 0.6) is 0 Å². The molecule has 3 rings (SSSR count). The first kappa shape index (κ1) is 18.5. The Kier molecular flexibility index (Phi) is 5.98. The molecule has 26 heavy (non-hydrogen) atoms. The van der Waals surface area contributed by atoms with Gasteiger partial charge in [0.25, 0.3) is 5.91 Å². The van der Waals surface area contributed by atoms with Gasteiger partial charge in [-0.2, -0.15) is 0 Å². The minimum Gasteiger partial charge on any atom is -0.378 e. The third-order valence-electron chi connectivity index (χ3n) is 4.98.